The summed E-state index contributed by atoms with van der Waals surface area (Å²) >= 11 is 5.78. The van der Waals surface area contributed by atoms with Gasteiger partial charge in [-0.15, -0.1) is 0 Å². The Morgan fingerprint density at radius 1 is 1.19 bits per heavy atom. The van der Waals surface area contributed by atoms with Gasteiger partial charge in [0.05, 0.1) is 0 Å². The largest absolute Gasteiger partial charge is 1.00 e. The molecule has 2 amide bonds. The molecular weight excluding hydrogens is 313 g/mol. The van der Waals surface area contributed by atoms with Crippen molar-refractivity contribution in [3.8, 4) is 0 Å². The fourth-order valence-electron chi connectivity index (χ4n) is 1.83. The molecule has 21 heavy (non-hydrogen) atoms. The van der Waals surface area contributed by atoms with Crippen LogP contribution in [0.5, 0.6) is 0 Å². The molecule has 0 unspecified atom stereocenters. The maximum absolute atomic E-state index is 12.2. The van der Waals surface area contributed by atoms with Gasteiger partial charge in [-0.05, 0) is 30.3 Å². The van der Waals surface area contributed by atoms with Crippen LogP contribution < -0.4 is 28.0 Å². The molecule has 7 heteroatoms. The molecule has 2 aromatic rings. The second kappa shape index (κ2) is 7.06. The van der Waals surface area contributed by atoms with Crippen molar-refractivity contribution in [3.63, 3.8) is 0 Å². The maximum atomic E-state index is 12.2. The van der Waals surface area contributed by atoms with E-state index < -0.39 is 11.8 Å². The van der Waals surface area contributed by atoms with Crippen LogP contribution in [0.4, 0.5) is 5.69 Å². The molecule has 0 aliphatic rings. The van der Waals surface area contributed by atoms with Crippen molar-refractivity contribution in [3.05, 3.63) is 58.9 Å². The average Bonchev–Trinajstić information content (AvgIpc) is 2.40. The standard InChI is InChI=1S/C14H12ClN3O2.ClH/c1-18-8-2-3-11(12(18)13(16)19)14(20)17-10-6-4-9(15)5-7-10;/h2-8H,1H3,(H2-,16,17,19,20);1H. The van der Waals surface area contributed by atoms with E-state index in [1.807, 2.05) is 0 Å². The summed E-state index contributed by atoms with van der Waals surface area (Å²) in [5, 5.41) is 3.27. The number of anilines is 1. The Morgan fingerprint density at radius 3 is 2.38 bits per heavy atom. The van der Waals surface area contributed by atoms with E-state index >= 15 is 0 Å². The first-order valence-corrected chi connectivity index (χ1v) is 6.22. The van der Waals surface area contributed by atoms with Gasteiger partial charge in [0.1, 0.15) is 12.6 Å². The van der Waals surface area contributed by atoms with E-state index in [0.717, 1.165) is 0 Å². The third kappa shape index (κ3) is 3.93. The molecule has 110 valence electrons. The highest BCUT2D eigenvalue weighted by atomic mass is 35.5. The van der Waals surface area contributed by atoms with Crippen LogP contribution in [0, 0.1) is 0 Å². The summed E-state index contributed by atoms with van der Waals surface area (Å²) in [5.74, 6) is -1.06. The lowest BCUT2D eigenvalue weighted by molar-refractivity contribution is -0.673. The highest BCUT2D eigenvalue weighted by Crippen LogP contribution is 2.15. The number of carbonyl (C=O) groups is 2. The number of benzene rings is 1. The average molecular weight is 326 g/mol. The van der Waals surface area contributed by atoms with Crippen molar-refractivity contribution in [2.24, 2.45) is 12.8 Å². The number of rotatable bonds is 3. The first-order valence-electron chi connectivity index (χ1n) is 5.84. The molecule has 0 saturated heterocycles. The normalized spacial score (nSPS) is 9.62. The highest BCUT2D eigenvalue weighted by Gasteiger charge is 2.24. The summed E-state index contributed by atoms with van der Waals surface area (Å²) in [5.41, 5.74) is 6.27. The molecule has 1 heterocycles. The minimum Gasteiger partial charge on any atom is -1.00 e. The number of hydrogen-bond donors (Lipinski definition) is 2. The van der Waals surface area contributed by atoms with Gasteiger partial charge < -0.3 is 23.5 Å². The topological polar surface area (TPSA) is 76.1 Å². The van der Waals surface area contributed by atoms with E-state index in [1.165, 1.54) is 4.57 Å². The van der Waals surface area contributed by atoms with Gasteiger partial charge in [-0.25, -0.2) is 0 Å². The Balaban J connectivity index is 0.00000220. The fraction of sp³-hybridized carbons (Fsp3) is 0.0714. The van der Waals surface area contributed by atoms with Crippen LogP contribution >= 0.6 is 11.6 Å². The quantitative estimate of drug-likeness (QED) is 0.675. The van der Waals surface area contributed by atoms with Crippen molar-refractivity contribution >= 4 is 29.1 Å². The number of nitrogens with one attached hydrogen (secondary N) is 1. The Bertz CT molecular complexity index is 672. The van der Waals surface area contributed by atoms with Crippen molar-refractivity contribution in [2.45, 2.75) is 0 Å². The first kappa shape index (κ1) is 16.9. The molecule has 0 radical (unpaired) electrons. The molecule has 0 bridgehead atoms. The van der Waals surface area contributed by atoms with Crippen molar-refractivity contribution in [2.75, 3.05) is 5.32 Å². The number of pyridine rings is 1. The number of hydrogen-bond acceptors (Lipinski definition) is 2. The number of primary amides is 1. The number of halogens is 2. The predicted molar refractivity (Wildman–Crippen MR) is 75.5 cm³/mol. The minimum absolute atomic E-state index is 0. The lowest BCUT2D eigenvalue weighted by atomic mass is 10.1. The molecule has 1 aromatic carbocycles. The second-order valence-electron chi connectivity index (χ2n) is 4.21. The second-order valence-corrected chi connectivity index (χ2v) is 4.64. The number of amides is 2. The molecule has 0 saturated carbocycles. The molecule has 5 nitrogen and oxygen atoms in total. The third-order valence-electron chi connectivity index (χ3n) is 2.76. The summed E-state index contributed by atoms with van der Waals surface area (Å²) < 4.78 is 1.51. The van der Waals surface area contributed by atoms with Crippen LogP contribution in [0.3, 0.4) is 0 Å². The predicted octanol–water partition coefficient (Wildman–Crippen LogP) is -1.48. The molecule has 0 atom stereocenters. The summed E-state index contributed by atoms with van der Waals surface area (Å²) in [7, 11) is 1.65. The minimum atomic E-state index is -0.658. The zero-order valence-electron chi connectivity index (χ0n) is 11.1. The Morgan fingerprint density at radius 2 is 1.81 bits per heavy atom. The van der Waals surface area contributed by atoms with Gasteiger partial charge in [-0.2, -0.15) is 4.57 Å². The van der Waals surface area contributed by atoms with Crippen molar-refractivity contribution in [1.82, 2.24) is 0 Å². The number of nitrogens with zero attached hydrogens (tertiary/aromatic N) is 1. The molecule has 0 aliphatic carbocycles. The van der Waals surface area contributed by atoms with Gasteiger partial charge in [0, 0.05) is 16.8 Å². The van der Waals surface area contributed by atoms with Crippen LogP contribution in [0.15, 0.2) is 42.6 Å². The van der Waals surface area contributed by atoms with E-state index in [-0.39, 0.29) is 23.7 Å². The van der Waals surface area contributed by atoms with Gasteiger partial charge in [0.25, 0.3) is 11.6 Å². The number of nitrogens with two attached hydrogens (primary N) is 1. The van der Waals surface area contributed by atoms with E-state index in [2.05, 4.69) is 5.32 Å². The summed E-state index contributed by atoms with van der Waals surface area (Å²) in [6.07, 6.45) is 1.65. The van der Waals surface area contributed by atoms with Gasteiger partial charge in [-0.1, -0.05) is 11.6 Å². The molecule has 3 N–H and O–H groups in total. The van der Waals surface area contributed by atoms with Gasteiger partial charge in [-0.3, -0.25) is 9.59 Å². The zero-order chi connectivity index (χ0) is 14.7. The molecular formula is C14H13Cl2N3O2. The van der Waals surface area contributed by atoms with Crippen molar-refractivity contribution < 1.29 is 26.6 Å². The van der Waals surface area contributed by atoms with Crippen LogP contribution in [-0.4, -0.2) is 11.8 Å². The van der Waals surface area contributed by atoms with Crippen molar-refractivity contribution in [1.29, 1.82) is 0 Å². The lowest BCUT2D eigenvalue weighted by Crippen LogP contribution is -3.00. The Hall–Kier alpha value is -2.11. The molecule has 1 aromatic heterocycles. The Kier molecular flexibility index (Phi) is 5.69. The summed E-state index contributed by atoms with van der Waals surface area (Å²) in [6, 6.07) is 9.89. The van der Waals surface area contributed by atoms with E-state index in [0.29, 0.717) is 10.7 Å². The van der Waals surface area contributed by atoms with Crippen LogP contribution in [0.2, 0.25) is 5.02 Å². The molecule has 0 fully saturated rings. The van der Waals surface area contributed by atoms with Crippen LogP contribution in [0.25, 0.3) is 0 Å². The molecule has 2 rings (SSSR count). The lowest BCUT2D eigenvalue weighted by Gasteiger charge is -2.06. The maximum Gasteiger partial charge on any atom is 0.314 e. The molecule has 0 aliphatic heterocycles. The van der Waals surface area contributed by atoms with E-state index in [1.54, 1.807) is 49.6 Å². The SMILES string of the molecule is C[n+]1cccc(C(=O)Nc2ccc(Cl)cc2)c1C(N)=O.[Cl-]. The number of aryl methyl sites for hydroxylation is 1. The zero-order valence-corrected chi connectivity index (χ0v) is 12.7. The number of aromatic nitrogens is 1. The van der Waals surface area contributed by atoms with Gasteiger partial charge in [0.15, 0.2) is 6.20 Å². The van der Waals surface area contributed by atoms with E-state index in [9.17, 15) is 9.59 Å². The fourth-order valence-corrected chi connectivity index (χ4v) is 1.96. The van der Waals surface area contributed by atoms with Gasteiger partial charge >= 0.3 is 5.91 Å². The van der Waals surface area contributed by atoms with E-state index in [4.69, 9.17) is 17.3 Å². The Labute approximate surface area is 133 Å². The smallest absolute Gasteiger partial charge is 0.314 e. The first-order chi connectivity index (χ1) is 9.49. The summed E-state index contributed by atoms with van der Waals surface area (Å²) in [4.78, 5) is 23.7. The van der Waals surface area contributed by atoms with Gasteiger partial charge in [0.2, 0.25) is 0 Å². The number of carbonyl (C=O) groups excluding carboxylic acids is 2. The van der Waals surface area contributed by atoms with Crippen LogP contribution in [0.1, 0.15) is 20.8 Å². The monoisotopic (exact) mass is 325 g/mol. The molecule has 0 spiro atoms. The van der Waals surface area contributed by atoms with Crippen LogP contribution in [-0.2, 0) is 7.05 Å². The highest BCUT2D eigenvalue weighted by molar-refractivity contribution is 6.30. The summed E-state index contributed by atoms with van der Waals surface area (Å²) in [6.45, 7) is 0. The third-order valence-corrected chi connectivity index (χ3v) is 3.01.